The van der Waals surface area contributed by atoms with Crippen LogP contribution < -0.4 is 9.47 Å². The molecule has 24 heavy (non-hydrogen) atoms. The molecule has 0 saturated carbocycles. The largest absolute Gasteiger partial charge is 0.494 e. The van der Waals surface area contributed by atoms with Gasteiger partial charge in [0.2, 0.25) is 0 Å². The number of rotatable bonds is 3. The van der Waals surface area contributed by atoms with Crippen LogP contribution in [0.4, 0.5) is 8.78 Å². The summed E-state index contributed by atoms with van der Waals surface area (Å²) < 4.78 is 39.2. The fraction of sp³-hybridized carbons (Fsp3) is 0.278. The zero-order valence-electron chi connectivity index (χ0n) is 13.2. The fourth-order valence-electron chi connectivity index (χ4n) is 3.08. The van der Waals surface area contributed by atoms with Crippen molar-refractivity contribution in [3.8, 4) is 11.5 Å². The molecule has 0 aliphatic heterocycles. The van der Waals surface area contributed by atoms with Crippen molar-refractivity contribution in [1.82, 2.24) is 0 Å². The van der Waals surface area contributed by atoms with E-state index in [4.69, 9.17) is 21.1 Å². The van der Waals surface area contributed by atoms with Gasteiger partial charge in [-0.05, 0) is 29.7 Å². The van der Waals surface area contributed by atoms with Gasteiger partial charge in [0.15, 0.2) is 23.1 Å². The second-order valence-corrected chi connectivity index (χ2v) is 6.07. The molecule has 6 heteroatoms. The van der Waals surface area contributed by atoms with Gasteiger partial charge >= 0.3 is 0 Å². The molecule has 1 aliphatic carbocycles. The van der Waals surface area contributed by atoms with Crippen LogP contribution >= 0.6 is 11.6 Å². The first kappa shape index (κ1) is 16.7. The van der Waals surface area contributed by atoms with Crippen LogP contribution in [-0.4, -0.2) is 20.0 Å². The van der Waals surface area contributed by atoms with E-state index in [1.807, 2.05) is 0 Å². The summed E-state index contributed by atoms with van der Waals surface area (Å²) >= 11 is 5.94. The first-order chi connectivity index (χ1) is 11.5. The minimum absolute atomic E-state index is 0.0823. The van der Waals surface area contributed by atoms with E-state index in [1.54, 1.807) is 18.2 Å². The Morgan fingerprint density at radius 2 is 1.67 bits per heavy atom. The van der Waals surface area contributed by atoms with Crippen LogP contribution in [-0.2, 0) is 17.6 Å². The van der Waals surface area contributed by atoms with Crippen LogP contribution in [0.3, 0.4) is 0 Å². The van der Waals surface area contributed by atoms with Crippen molar-refractivity contribution < 1.29 is 23.0 Å². The van der Waals surface area contributed by atoms with Crippen LogP contribution in [0.1, 0.15) is 22.6 Å². The molecular weight excluding hydrogens is 338 g/mol. The number of hydrogen-bond donors (Lipinski definition) is 0. The van der Waals surface area contributed by atoms with Gasteiger partial charge in [-0.2, -0.15) is 0 Å². The number of ketones is 1. The van der Waals surface area contributed by atoms with Gasteiger partial charge < -0.3 is 9.47 Å². The molecule has 0 spiro atoms. The van der Waals surface area contributed by atoms with Gasteiger partial charge in [0.25, 0.3) is 0 Å². The standard InChI is InChI=1S/C18H15ClF2O3/c1-23-14-8-15(24-2)18(21)16(17(14)20)12-6-9-3-4-11(19)5-10(9)7-13(12)22/h3-5,8,12H,6-7H2,1-2H3. The normalized spacial score (nSPS) is 16.7. The Morgan fingerprint density at radius 1 is 1.04 bits per heavy atom. The minimum atomic E-state index is -0.928. The SMILES string of the molecule is COc1cc(OC)c(F)c(C2Cc3ccc(Cl)cc3CC2=O)c1F. The summed E-state index contributed by atoms with van der Waals surface area (Å²) in [6.07, 6.45) is 0.286. The maximum absolute atomic E-state index is 14.7. The highest BCUT2D eigenvalue weighted by Gasteiger charge is 2.34. The molecule has 3 rings (SSSR count). The minimum Gasteiger partial charge on any atom is -0.494 e. The Kier molecular flexibility index (Phi) is 4.45. The Bertz CT molecular complexity index is 792. The van der Waals surface area contributed by atoms with E-state index in [-0.39, 0.29) is 35.7 Å². The second kappa shape index (κ2) is 6.40. The van der Waals surface area contributed by atoms with Crippen molar-refractivity contribution in [2.45, 2.75) is 18.8 Å². The van der Waals surface area contributed by atoms with Crippen molar-refractivity contribution in [1.29, 1.82) is 0 Å². The van der Waals surface area contributed by atoms with Crippen LogP contribution in [0, 0.1) is 11.6 Å². The van der Waals surface area contributed by atoms with Crippen molar-refractivity contribution >= 4 is 17.4 Å². The third-order valence-electron chi connectivity index (χ3n) is 4.30. The summed E-state index contributed by atoms with van der Waals surface area (Å²) in [6, 6.07) is 6.33. The number of Topliss-reactive ketones (excluding diaryl/α,β-unsaturated/α-hetero) is 1. The number of hydrogen-bond acceptors (Lipinski definition) is 3. The fourth-order valence-corrected chi connectivity index (χ4v) is 3.27. The van der Waals surface area contributed by atoms with Gasteiger partial charge in [-0.1, -0.05) is 17.7 Å². The molecular formula is C18H15ClF2O3. The predicted octanol–water partition coefficient (Wildman–Crippen LogP) is 4.09. The van der Waals surface area contributed by atoms with E-state index in [9.17, 15) is 13.6 Å². The van der Waals surface area contributed by atoms with E-state index < -0.39 is 17.6 Å². The molecule has 0 fully saturated rings. The number of carbonyl (C=O) groups excluding carboxylic acids is 1. The Balaban J connectivity index is 2.12. The van der Waals surface area contributed by atoms with Crippen LogP contribution in [0.2, 0.25) is 5.02 Å². The summed E-state index contributed by atoms with van der Waals surface area (Å²) in [7, 11) is 2.55. The molecule has 2 aromatic rings. The number of methoxy groups -OCH3 is 2. The maximum atomic E-state index is 14.7. The van der Waals surface area contributed by atoms with Gasteiger partial charge in [0, 0.05) is 23.1 Å². The van der Waals surface area contributed by atoms with Crippen LogP contribution in [0.25, 0.3) is 0 Å². The Labute approximate surface area is 143 Å². The lowest BCUT2D eigenvalue weighted by atomic mass is 9.78. The van der Waals surface area contributed by atoms with E-state index in [0.717, 1.165) is 17.2 Å². The molecule has 1 atom stereocenters. The van der Waals surface area contributed by atoms with Gasteiger partial charge in [0.1, 0.15) is 5.78 Å². The summed E-state index contributed by atoms with van der Waals surface area (Å²) in [4.78, 5) is 12.5. The van der Waals surface area contributed by atoms with E-state index in [2.05, 4.69) is 0 Å². The third-order valence-corrected chi connectivity index (χ3v) is 4.54. The molecule has 1 unspecified atom stereocenters. The molecule has 0 aromatic heterocycles. The van der Waals surface area contributed by atoms with Gasteiger partial charge in [0.05, 0.1) is 20.1 Å². The number of fused-ring (bicyclic) bond motifs is 1. The van der Waals surface area contributed by atoms with Crippen molar-refractivity contribution in [3.05, 3.63) is 57.6 Å². The van der Waals surface area contributed by atoms with E-state index in [0.29, 0.717) is 5.02 Å². The Hall–Kier alpha value is -2.14. The zero-order chi connectivity index (χ0) is 17.4. The third kappa shape index (κ3) is 2.73. The quantitative estimate of drug-likeness (QED) is 0.834. The molecule has 0 N–H and O–H groups in total. The van der Waals surface area contributed by atoms with Gasteiger partial charge in [-0.3, -0.25) is 4.79 Å². The summed E-state index contributed by atoms with van der Waals surface area (Å²) in [5, 5.41) is 0.528. The number of benzene rings is 2. The van der Waals surface area contributed by atoms with E-state index in [1.165, 1.54) is 14.2 Å². The summed E-state index contributed by atoms with van der Waals surface area (Å²) in [6.45, 7) is 0. The molecule has 3 nitrogen and oxygen atoms in total. The summed E-state index contributed by atoms with van der Waals surface area (Å²) in [5.41, 5.74) is 1.33. The van der Waals surface area contributed by atoms with Crippen molar-refractivity contribution in [2.24, 2.45) is 0 Å². The second-order valence-electron chi connectivity index (χ2n) is 5.64. The molecule has 126 valence electrons. The molecule has 1 aliphatic rings. The molecule has 0 bridgehead atoms. The lowest BCUT2D eigenvalue weighted by Crippen LogP contribution is -2.25. The zero-order valence-corrected chi connectivity index (χ0v) is 13.9. The van der Waals surface area contributed by atoms with Crippen LogP contribution in [0.5, 0.6) is 11.5 Å². The molecule has 0 radical (unpaired) electrons. The lowest BCUT2D eigenvalue weighted by molar-refractivity contribution is -0.120. The average molecular weight is 353 g/mol. The molecule has 0 saturated heterocycles. The monoisotopic (exact) mass is 352 g/mol. The average Bonchev–Trinajstić information content (AvgIpc) is 2.55. The summed E-state index contributed by atoms with van der Waals surface area (Å²) in [5.74, 6) is -3.24. The number of carbonyl (C=O) groups is 1. The topological polar surface area (TPSA) is 35.5 Å². The number of ether oxygens (including phenoxy) is 2. The highest BCUT2D eigenvalue weighted by Crippen LogP contribution is 2.40. The van der Waals surface area contributed by atoms with E-state index >= 15 is 0 Å². The van der Waals surface area contributed by atoms with Crippen LogP contribution in [0.15, 0.2) is 24.3 Å². The van der Waals surface area contributed by atoms with Gasteiger partial charge in [-0.25, -0.2) is 8.78 Å². The first-order valence-electron chi connectivity index (χ1n) is 7.36. The predicted molar refractivity (Wildman–Crippen MR) is 86.1 cm³/mol. The highest BCUT2D eigenvalue weighted by atomic mass is 35.5. The highest BCUT2D eigenvalue weighted by molar-refractivity contribution is 6.30. The molecule has 0 amide bonds. The first-order valence-corrected chi connectivity index (χ1v) is 7.74. The smallest absolute Gasteiger partial charge is 0.172 e. The van der Waals surface area contributed by atoms with Crippen molar-refractivity contribution in [3.63, 3.8) is 0 Å². The Morgan fingerprint density at radius 3 is 2.25 bits per heavy atom. The van der Waals surface area contributed by atoms with Crippen molar-refractivity contribution in [2.75, 3.05) is 14.2 Å². The van der Waals surface area contributed by atoms with Gasteiger partial charge in [-0.15, -0.1) is 0 Å². The molecule has 0 heterocycles. The molecule has 2 aromatic carbocycles. The lowest BCUT2D eigenvalue weighted by Gasteiger charge is -2.25. The number of halogens is 3. The maximum Gasteiger partial charge on any atom is 0.172 e.